The molecule has 1 aliphatic heterocycles. The molecule has 1 N–H and O–H groups in total. The number of carbonyl (C=O) groups excluding carboxylic acids is 1. The highest BCUT2D eigenvalue weighted by Crippen LogP contribution is 2.02. The standard InChI is InChI=1S/C8H16N2O2/c1-6(2)12-5-7-4-10(3)8(11)9-7/h6-7H,4-5H2,1-3H3,(H,9,11). The van der Waals surface area contributed by atoms with E-state index in [1.807, 2.05) is 13.8 Å². The number of likely N-dealkylation sites (N-methyl/N-ethyl adjacent to an activating group) is 1. The molecule has 0 aliphatic carbocycles. The predicted molar refractivity (Wildman–Crippen MR) is 46.0 cm³/mol. The largest absolute Gasteiger partial charge is 0.377 e. The molecule has 0 saturated carbocycles. The van der Waals surface area contributed by atoms with Crippen LogP contribution in [0.25, 0.3) is 0 Å². The quantitative estimate of drug-likeness (QED) is 0.671. The summed E-state index contributed by atoms with van der Waals surface area (Å²) in [6.45, 7) is 5.32. The van der Waals surface area contributed by atoms with Crippen LogP contribution < -0.4 is 5.32 Å². The molecule has 1 atom stereocenters. The number of urea groups is 1. The minimum absolute atomic E-state index is 0.00708. The first-order valence-corrected chi connectivity index (χ1v) is 4.23. The maximum atomic E-state index is 11.0. The van der Waals surface area contributed by atoms with Crippen molar-refractivity contribution >= 4 is 6.03 Å². The molecule has 0 spiro atoms. The van der Waals surface area contributed by atoms with Crippen molar-refractivity contribution in [3.8, 4) is 0 Å². The molecule has 2 amide bonds. The van der Waals surface area contributed by atoms with Gasteiger partial charge in [0, 0.05) is 13.6 Å². The van der Waals surface area contributed by atoms with E-state index in [4.69, 9.17) is 4.74 Å². The topological polar surface area (TPSA) is 41.6 Å². The first kappa shape index (κ1) is 9.32. The van der Waals surface area contributed by atoms with Crippen LogP contribution in [-0.4, -0.2) is 43.3 Å². The molecule has 0 radical (unpaired) electrons. The van der Waals surface area contributed by atoms with Gasteiger partial charge in [0.1, 0.15) is 0 Å². The van der Waals surface area contributed by atoms with Crippen LogP contribution in [0.5, 0.6) is 0 Å². The summed E-state index contributed by atoms with van der Waals surface area (Å²) in [6.07, 6.45) is 0.229. The van der Waals surface area contributed by atoms with Crippen molar-refractivity contribution in [2.24, 2.45) is 0 Å². The van der Waals surface area contributed by atoms with E-state index in [-0.39, 0.29) is 18.2 Å². The summed E-state index contributed by atoms with van der Waals surface area (Å²) in [6, 6.07) is 0.150. The van der Waals surface area contributed by atoms with Crippen LogP contribution in [0.15, 0.2) is 0 Å². The van der Waals surface area contributed by atoms with Gasteiger partial charge in [-0.05, 0) is 13.8 Å². The number of nitrogens with one attached hydrogen (secondary N) is 1. The lowest BCUT2D eigenvalue weighted by molar-refractivity contribution is 0.0660. The third-order valence-corrected chi connectivity index (χ3v) is 1.80. The van der Waals surface area contributed by atoms with Crippen molar-refractivity contribution in [1.29, 1.82) is 0 Å². The smallest absolute Gasteiger partial charge is 0.317 e. The van der Waals surface area contributed by atoms with E-state index in [9.17, 15) is 4.79 Å². The zero-order chi connectivity index (χ0) is 9.14. The number of amides is 2. The van der Waals surface area contributed by atoms with Crippen LogP contribution in [0.3, 0.4) is 0 Å². The normalized spacial score (nSPS) is 23.5. The summed E-state index contributed by atoms with van der Waals surface area (Å²) < 4.78 is 5.38. The Bertz CT molecular complexity index is 170. The van der Waals surface area contributed by atoms with Gasteiger partial charge in [-0.3, -0.25) is 0 Å². The lowest BCUT2D eigenvalue weighted by atomic mass is 10.3. The molecule has 0 aromatic heterocycles. The fourth-order valence-electron chi connectivity index (χ4n) is 1.15. The summed E-state index contributed by atoms with van der Waals surface area (Å²) in [5.41, 5.74) is 0. The highest BCUT2D eigenvalue weighted by atomic mass is 16.5. The highest BCUT2D eigenvalue weighted by molar-refractivity contribution is 5.76. The Morgan fingerprint density at radius 2 is 2.42 bits per heavy atom. The molecule has 1 unspecified atom stereocenters. The maximum absolute atomic E-state index is 11.0. The van der Waals surface area contributed by atoms with Crippen molar-refractivity contribution in [1.82, 2.24) is 10.2 Å². The van der Waals surface area contributed by atoms with Gasteiger partial charge in [-0.15, -0.1) is 0 Å². The molecule has 0 aromatic carbocycles. The number of ether oxygens (including phenoxy) is 1. The Kier molecular flexibility index (Phi) is 2.92. The summed E-state index contributed by atoms with van der Waals surface area (Å²) >= 11 is 0. The van der Waals surface area contributed by atoms with Gasteiger partial charge < -0.3 is 15.0 Å². The molecule has 1 aliphatic rings. The fraction of sp³-hybridized carbons (Fsp3) is 0.875. The van der Waals surface area contributed by atoms with Gasteiger partial charge in [-0.25, -0.2) is 4.79 Å². The van der Waals surface area contributed by atoms with E-state index in [1.54, 1.807) is 11.9 Å². The first-order valence-electron chi connectivity index (χ1n) is 4.23. The van der Waals surface area contributed by atoms with E-state index < -0.39 is 0 Å². The number of hydrogen-bond acceptors (Lipinski definition) is 2. The molecule has 1 fully saturated rings. The Labute approximate surface area is 72.9 Å². The molecule has 1 rings (SSSR count). The van der Waals surface area contributed by atoms with E-state index in [1.165, 1.54) is 0 Å². The third kappa shape index (κ3) is 2.37. The summed E-state index contributed by atoms with van der Waals surface area (Å²) in [5, 5.41) is 2.82. The molecule has 1 saturated heterocycles. The highest BCUT2D eigenvalue weighted by Gasteiger charge is 2.25. The molecule has 12 heavy (non-hydrogen) atoms. The van der Waals surface area contributed by atoms with Gasteiger partial charge in [0.15, 0.2) is 0 Å². The van der Waals surface area contributed by atoms with E-state index in [0.717, 1.165) is 6.54 Å². The van der Waals surface area contributed by atoms with Crippen molar-refractivity contribution in [3.63, 3.8) is 0 Å². The second-order valence-corrected chi connectivity index (χ2v) is 3.41. The van der Waals surface area contributed by atoms with Gasteiger partial charge in [-0.1, -0.05) is 0 Å². The van der Waals surface area contributed by atoms with Gasteiger partial charge in [0.05, 0.1) is 18.8 Å². The van der Waals surface area contributed by atoms with Crippen LogP contribution >= 0.6 is 0 Å². The lowest BCUT2D eigenvalue weighted by Gasteiger charge is -2.12. The minimum Gasteiger partial charge on any atom is -0.377 e. The summed E-state index contributed by atoms with van der Waals surface area (Å²) in [5.74, 6) is 0. The van der Waals surface area contributed by atoms with E-state index in [2.05, 4.69) is 5.32 Å². The van der Waals surface area contributed by atoms with E-state index in [0.29, 0.717) is 6.61 Å². The fourth-order valence-corrected chi connectivity index (χ4v) is 1.15. The Hall–Kier alpha value is -0.770. The summed E-state index contributed by atoms with van der Waals surface area (Å²) in [7, 11) is 1.78. The van der Waals surface area contributed by atoms with Gasteiger partial charge in [-0.2, -0.15) is 0 Å². The number of hydrogen-bond donors (Lipinski definition) is 1. The molecule has 1 heterocycles. The van der Waals surface area contributed by atoms with Crippen LogP contribution in [0.2, 0.25) is 0 Å². The number of nitrogens with zero attached hydrogens (tertiary/aromatic N) is 1. The minimum atomic E-state index is -0.00708. The molecule has 0 aromatic rings. The number of rotatable bonds is 3. The van der Waals surface area contributed by atoms with Crippen molar-refractivity contribution in [2.45, 2.75) is 26.0 Å². The Morgan fingerprint density at radius 3 is 2.83 bits per heavy atom. The average molecular weight is 172 g/mol. The SMILES string of the molecule is CC(C)OCC1CN(C)C(=O)N1. The third-order valence-electron chi connectivity index (χ3n) is 1.80. The molecule has 4 heteroatoms. The monoisotopic (exact) mass is 172 g/mol. The maximum Gasteiger partial charge on any atom is 0.317 e. The molecular weight excluding hydrogens is 156 g/mol. The average Bonchev–Trinajstić information content (AvgIpc) is 2.28. The van der Waals surface area contributed by atoms with E-state index >= 15 is 0 Å². The van der Waals surface area contributed by atoms with Crippen LogP contribution in [0.1, 0.15) is 13.8 Å². The second-order valence-electron chi connectivity index (χ2n) is 3.41. The molecule has 4 nitrogen and oxygen atoms in total. The van der Waals surface area contributed by atoms with Gasteiger partial charge >= 0.3 is 6.03 Å². The Balaban J connectivity index is 2.23. The number of carbonyl (C=O) groups is 1. The Morgan fingerprint density at radius 1 is 1.75 bits per heavy atom. The second kappa shape index (κ2) is 3.76. The van der Waals surface area contributed by atoms with Crippen LogP contribution in [0.4, 0.5) is 4.79 Å². The zero-order valence-corrected chi connectivity index (χ0v) is 7.83. The summed E-state index contributed by atoms with van der Waals surface area (Å²) in [4.78, 5) is 12.6. The van der Waals surface area contributed by atoms with Crippen LogP contribution in [-0.2, 0) is 4.74 Å². The van der Waals surface area contributed by atoms with Crippen molar-refractivity contribution in [3.05, 3.63) is 0 Å². The van der Waals surface area contributed by atoms with Gasteiger partial charge in [0.2, 0.25) is 0 Å². The molecule has 70 valence electrons. The van der Waals surface area contributed by atoms with Crippen molar-refractivity contribution < 1.29 is 9.53 Å². The lowest BCUT2D eigenvalue weighted by Crippen LogP contribution is -2.31. The molecular formula is C8H16N2O2. The first-order chi connectivity index (χ1) is 5.59. The predicted octanol–water partition coefficient (Wildman–Crippen LogP) is 0.435. The van der Waals surface area contributed by atoms with Crippen molar-refractivity contribution in [2.75, 3.05) is 20.2 Å². The zero-order valence-electron chi connectivity index (χ0n) is 7.83. The van der Waals surface area contributed by atoms with Crippen LogP contribution in [0, 0.1) is 0 Å². The van der Waals surface area contributed by atoms with Gasteiger partial charge in [0.25, 0.3) is 0 Å². The molecule has 0 bridgehead atoms.